The molecule has 2 fully saturated rings. The van der Waals surface area contributed by atoms with Crippen molar-refractivity contribution in [2.75, 3.05) is 0 Å². The third-order valence-electron chi connectivity index (χ3n) is 5.55. The molecule has 1 nitrogen and oxygen atoms in total. The van der Waals surface area contributed by atoms with E-state index < -0.39 is 5.60 Å². The average Bonchev–Trinajstić information content (AvgIpc) is 2.51. The second-order valence-corrected chi connectivity index (χ2v) is 7.71. The van der Waals surface area contributed by atoms with Gasteiger partial charge in [-0.05, 0) is 42.9 Å². The van der Waals surface area contributed by atoms with Crippen LogP contribution in [0.3, 0.4) is 0 Å². The Hall–Kier alpha value is -0.410. The SMILES string of the molecule is OC1(c2cc(Br)ccc2F)CCCCC1C1CCCCC1. The van der Waals surface area contributed by atoms with Gasteiger partial charge >= 0.3 is 0 Å². The molecule has 0 spiro atoms. The van der Waals surface area contributed by atoms with Gasteiger partial charge in [0.2, 0.25) is 0 Å². The van der Waals surface area contributed by atoms with Crippen LogP contribution in [-0.4, -0.2) is 5.11 Å². The van der Waals surface area contributed by atoms with E-state index in [4.69, 9.17) is 0 Å². The minimum atomic E-state index is -0.978. The Bertz CT molecular complexity index is 498. The summed E-state index contributed by atoms with van der Waals surface area (Å²) in [6, 6.07) is 4.97. The van der Waals surface area contributed by atoms with E-state index >= 15 is 0 Å². The van der Waals surface area contributed by atoms with Gasteiger partial charge in [-0.1, -0.05) is 60.9 Å². The number of benzene rings is 1. The van der Waals surface area contributed by atoms with Crippen LogP contribution < -0.4 is 0 Å². The van der Waals surface area contributed by atoms with Gasteiger partial charge in [-0.25, -0.2) is 4.39 Å². The zero-order chi connectivity index (χ0) is 14.9. The number of hydrogen-bond donors (Lipinski definition) is 1. The standard InChI is InChI=1S/C18H24BrFO/c19-14-9-10-17(20)16(12-14)18(21)11-5-4-8-15(18)13-6-2-1-3-7-13/h9-10,12-13,15,21H,1-8,11H2. The van der Waals surface area contributed by atoms with Crippen LogP contribution in [0, 0.1) is 17.7 Å². The summed E-state index contributed by atoms with van der Waals surface area (Å²) in [5.74, 6) is 0.515. The maximum absolute atomic E-state index is 14.4. The van der Waals surface area contributed by atoms with Crippen LogP contribution in [0.1, 0.15) is 63.4 Å². The van der Waals surface area contributed by atoms with Crippen LogP contribution in [0.15, 0.2) is 22.7 Å². The normalized spacial score (nSPS) is 31.3. The molecular weight excluding hydrogens is 331 g/mol. The van der Waals surface area contributed by atoms with Crippen molar-refractivity contribution in [2.45, 2.75) is 63.4 Å². The van der Waals surface area contributed by atoms with Crippen molar-refractivity contribution in [3.63, 3.8) is 0 Å². The first kappa shape index (κ1) is 15.5. The molecule has 0 heterocycles. The Morgan fingerprint density at radius 2 is 1.76 bits per heavy atom. The largest absolute Gasteiger partial charge is 0.385 e. The summed E-state index contributed by atoms with van der Waals surface area (Å²) in [5.41, 5.74) is -0.471. The molecule has 0 saturated heterocycles. The smallest absolute Gasteiger partial charge is 0.129 e. The van der Waals surface area contributed by atoms with Crippen LogP contribution in [-0.2, 0) is 5.60 Å². The predicted octanol–water partition coefficient (Wildman–Crippen LogP) is 5.55. The average molecular weight is 355 g/mol. The van der Waals surface area contributed by atoms with Crippen molar-refractivity contribution in [1.29, 1.82) is 0 Å². The lowest BCUT2D eigenvalue weighted by molar-refractivity contribution is -0.0857. The fraction of sp³-hybridized carbons (Fsp3) is 0.667. The lowest BCUT2D eigenvalue weighted by Gasteiger charge is -2.45. The molecule has 2 saturated carbocycles. The van der Waals surface area contributed by atoms with E-state index in [9.17, 15) is 9.50 Å². The summed E-state index contributed by atoms with van der Waals surface area (Å²) in [6.45, 7) is 0. The van der Waals surface area contributed by atoms with Gasteiger partial charge in [0.25, 0.3) is 0 Å². The third-order valence-corrected chi connectivity index (χ3v) is 6.04. The molecule has 1 aromatic rings. The van der Waals surface area contributed by atoms with E-state index in [1.807, 2.05) is 0 Å². The molecule has 0 amide bonds. The van der Waals surface area contributed by atoms with Crippen LogP contribution in [0.5, 0.6) is 0 Å². The maximum Gasteiger partial charge on any atom is 0.129 e. The van der Waals surface area contributed by atoms with Gasteiger partial charge in [-0.3, -0.25) is 0 Å². The van der Waals surface area contributed by atoms with Crippen molar-refractivity contribution < 1.29 is 9.50 Å². The molecule has 3 rings (SSSR count). The molecule has 0 aromatic heterocycles. The lowest BCUT2D eigenvalue weighted by Crippen LogP contribution is -2.43. The van der Waals surface area contributed by atoms with E-state index in [0.29, 0.717) is 17.9 Å². The molecule has 2 atom stereocenters. The number of hydrogen-bond acceptors (Lipinski definition) is 1. The zero-order valence-electron chi connectivity index (χ0n) is 12.5. The Kier molecular flexibility index (Phi) is 4.70. The second-order valence-electron chi connectivity index (χ2n) is 6.80. The summed E-state index contributed by atoms with van der Waals surface area (Å²) < 4.78 is 15.2. The van der Waals surface area contributed by atoms with Crippen molar-refractivity contribution in [3.8, 4) is 0 Å². The lowest BCUT2D eigenvalue weighted by atomic mass is 9.63. The van der Waals surface area contributed by atoms with Crippen LogP contribution >= 0.6 is 15.9 Å². The Morgan fingerprint density at radius 1 is 1.05 bits per heavy atom. The number of rotatable bonds is 2. The van der Waals surface area contributed by atoms with Crippen molar-refractivity contribution >= 4 is 15.9 Å². The van der Waals surface area contributed by atoms with Crippen molar-refractivity contribution in [2.24, 2.45) is 11.8 Å². The summed E-state index contributed by atoms with van der Waals surface area (Å²) in [5, 5.41) is 11.4. The maximum atomic E-state index is 14.4. The minimum absolute atomic E-state index is 0.218. The highest BCUT2D eigenvalue weighted by Gasteiger charge is 2.45. The number of aliphatic hydroxyl groups is 1. The van der Waals surface area contributed by atoms with Gasteiger partial charge < -0.3 is 5.11 Å². The quantitative estimate of drug-likeness (QED) is 0.738. The summed E-state index contributed by atoms with van der Waals surface area (Å²) >= 11 is 3.43. The Labute approximate surface area is 135 Å². The molecule has 3 heteroatoms. The fourth-order valence-electron chi connectivity index (χ4n) is 4.51. The second kappa shape index (κ2) is 6.37. The van der Waals surface area contributed by atoms with E-state index in [2.05, 4.69) is 15.9 Å². The highest BCUT2D eigenvalue weighted by molar-refractivity contribution is 9.10. The van der Waals surface area contributed by atoms with Crippen molar-refractivity contribution in [1.82, 2.24) is 0 Å². The van der Waals surface area contributed by atoms with Gasteiger partial charge in [0.05, 0.1) is 5.60 Å². The van der Waals surface area contributed by atoms with Gasteiger partial charge in [0.1, 0.15) is 5.82 Å². The molecule has 1 aromatic carbocycles. The van der Waals surface area contributed by atoms with Gasteiger partial charge in [-0.2, -0.15) is 0 Å². The highest BCUT2D eigenvalue weighted by Crippen LogP contribution is 2.49. The monoisotopic (exact) mass is 354 g/mol. The summed E-state index contributed by atoms with van der Waals surface area (Å²) in [6.07, 6.45) is 10.1. The predicted molar refractivity (Wildman–Crippen MR) is 86.5 cm³/mol. The van der Waals surface area contributed by atoms with E-state index in [0.717, 1.165) is 17.3 Å². The molecule has 21 heavy (non-hydrogen) atoms. The molecule has 2 aliphatic rings. The molecule has 1 N–H and O–H groups in total. The van der Waals surface area contributed by atoms with Gasteiger partial charge in [0.15, 0.2) is 0 Å². The topological polar surface area (TPSA) is 20.2 Å². The first-order valence-electron chi connectivity index (χ1n) is 8.29. The first-order valence-corrected chi connectivity index (χ1v) is 9.08. The van der Waals surface area contributed by atoms with Crippen molar-refractivity contribution in [3.05, 3.63) is 34.1 Å². The molecule has 0 aliphatic heterocycles. The molecule has 116 valence electrons. The zero-order valence-corrected chi connectivity index (χ0v) is 14.0. The molecule has 2 aliphatic carbocycles. The molecular formula is C18H24BrFO. The minimum Gasteiger partial charge on any atom is -0.385 e. The summed E-state index contributed by atoms with van der Waals surface area (Å²) in [7, 11) is 0. The van der Waals surface area contributed by atoms with E-state index in [-0.39, 0.29) is 11.7 Å². The summed E-state index contributed by atoms with van der Waals surface area (Å²) in [4.78, 5) is 0. The van der Waals surface area contributed by atoms with Crippen LogP contribution in [0.25, 0.3) is 0 Å². The fourth-order valence-corrected chi connectivity index (χ4v) is 4.87. The Morgan fingerprint density at radius 3 is 2.52 bits per heavy atom. The number of halogens is 2. The molecule has 2 unspecified atom stereocenters. The van der Waals surface area contributed by atoms with Gasteiger partial charge in [0, 0.05) is 10.0 Å². The van der Waals surface area contributed by atoms with E-state index in [1.54, 1.807) is 12.1 Å². The van der Waals surface area contributed by atoms with Gasteiger partial charge in [-0.15, -0.1) is 0 Å². The molecule has 0 bridgehead atoms. The molecule has 0 radical (unpaired) electrons. The van der Waals surface area contributed by atoms with Crippen LogP contribution in [0.4, 0.5) is 4.39 Å². The van der Waals surface area contributed by atoms with Crippen LogP contribution in [0.2, 0.25) is 0 Å². The Balaban J connectivity index is 1.96. The van der Waals surface area contributed by atoms with E-state index in [1.165, 1.54) is 44.6 Å². The highest BCUT2D eigenvalue weighted by atomic mass is 79.9. The first-order chi connectivity index (χ1) is 10.1. The third kappa shape index (κ3) is 3.05.